The maximum atomic E-state index is 5.53. The normalized spacial score (nSPS) is 19.4. The van der Waals surface area contributed by atoms with Gasteiger partial charge in [-0.25, -0.2) is 0 Å². The number of allylic oxidation sites excluding steroid dienone is 4. The molecule has 1 unspecified atom stereocenters. The van der Waals surface area contributed by atoms with E-state index in [9.17, 15) is 0 Å². The Morgan fingerprint density at radius 3 is 2.27 bits per heavy atom. The van der Waals surface area contributed by atoms with Gasteiger partial charge in [-0.05, 0) is 42.9 Å². The molecule has 1 aliphatic rings. The smallest absolute Gasteiger partial charge is 0.104 e. The molecule has 0 aromatic carbocycles. The summed E-state index contributed by atoms with van der Waals surface area (Å²) in [7, 11) is 0. The third-order valence-electron chi connectivity index (χ3n) is 5.52. The van der Waals surface area contributed by atoms with Gasteiger partial charge in [-0.15, -0.1) is 0 Å². The Bertz CT molecular complexity index is 338. The van der Waals surface area contributed by atoms with E-state index < -0.39 is 0 Å². The number of hydrogen-bond donors (Lipinski definition) is 0. The summed E-state index contributed by atoms with van der Waals surface area (Å²) in [6.45, 7) is 14.2. The van der Waals surface area contributed by atoms with Crippen LogP contribution in [0.15, 0.2) is 24.3 Å². The maximum absolute atomic E-state index is 5.53. The number of ether oxygens (including phenoxy) is 2. The summed E-state index contributed by atoms with van der Waals surface area (Å²) in [5.41, 5.74) is 0.652. The van der Waals surface area contributed by atoms with Crippen LogP contribution in [0.5, 0.6) is 0 Å². The van der Waals surface area contributed by atoms with Crippen molar-refractivity contribution in [2.24, 2.45) is 10.8 Å². The molecule has 1 heterocycles. The van der Waals surface area contributed by atoms with Crippen molar-refractivity contribution in [3.63, 3.8) is 0 Å². The minimum absolute atomic E-state index is 0.239. The number of rotatable bonds is 12. The van der Waals surface area contributed by atoms with Crippen LogP contribution in [0.1, 0.15) is 66.7 Å². The van der Waals surface area contributed by atoms with E-state index in [4.69, 9.17) is 9.47 Å². The third kappa shape index (κ3) is 5.89. The molecule has 0 aromatic heterocycles. The zero-order valence-electron chi connectivity index (χ0n) is 15.4. The largest absolute Gasteiger partial charge is 0.379 e. The van der Waals surface area contributed by atoms with Crippen LogP contribution in [0.3, 0.4) is 0 Å². The van der Waals surface area contributed by atoms with Gasteiger partial charge in [-0.3, -0.25) is 0 Å². The number of unbranched alkanes of at least 4 members (excludes halogenated alkanes) is 1. The van der Waals surface area contributed by atoms with Crippen LogP contribution >= 0.6 is 0 Å². The highest BCUT2D eigenvalue weighted by atomic mass is 16.6. The summed E-state index contributed by atoms with van der Waals surface area (Å²) >= 11 is 0. The minimum atomic E-state index is 0.239. The minimum Gasteiger partial charge on any atom is -0.379 e. The molecule has 128 valence electrons. The van der Waals surface area contributed by atoms with Crippen LogP contribution in [-0.2, 0) is 9.47 Å². The van der Waals surface area contributed by atoms with Gasteiger partial charge >= 0.3 is 0 Å². The molecule has 2 nitrogen and oxygen atoms in total. The van der Waals surface area contributed by atoms with Crippen molar-refractivity contribution in [3.8, 4) is 0 Å². The first-order chi connectivity index (χ1) is 10.5. The topological polar surface area (TPSA) is 21.8 Å². The van der Waals surface area contributed by atoms with E-state index >= 15 is 0 Å². The van der Waals surface area contributed by atoms with E-state index in [0.29, 0.717) is 11.5 Å². The van der Waals surface area contributed by atoms with Gasteiger partial charge in [0, 0.05) is 6.61 Å². The number of epoxide rings is 1. The fourth-order valence-electron chi connectivity index (χ4n) is 3.45. The van der Waals surface area contributed by atoms with Crippen LogP contribution in [0, 0.1) is 10.8 Å². The van der Waals surface area contributed by atoms with Gasteiger partial charge < -0.3 is 9.47 Å². The van der Waals surface area contributed by atoms with Crippen molar-refractivity contribution < 1.29 is 9.47 Å². The van der Waals surface area contributed by atoms with E-state index in [1.807, 2.05) is 0 Å². The van der Waals surface area contributed by atoms with Gasteiger partial charge in [-0.2, -0.15) is 0 Å². The lowest BCUT2D eigenvalue weighted by Gasteiger charge is -2.44. The summed E-state index contributed by atoms with van der Waals surface area (Å²) in [6.07, 6.45) is 15.3. The van der Waals surface area contributed by atoms with Crippen molar-refractivity contribution in [1.29, 1.82) is 0 Å². The maximum Gasteiger partial charge on any atom is 0.104 e. The van der Waals surface area contributed by atoms with Crippen LogP contribution in [-0.4, -0.2) is 25.9 Å². The fourth-order valence-corrected chi connectivity index (χ4v) is 3.45. The Balaban J connectivity index is 2.27. The van der Waals surface area contributed by atoms with Gasteiger partial charge in [-0.1, -0.05) is 58.9 Å². The Morgan fingerprint density at radius 2 is 1.73 bits per heavy atom. The lowest BCUT2D eigenvalue weighted by molar-refractivity contribution is 0.0962. The molecule has 1 aliphatic heterocycles. The summed E-state index contributed by atoms with van der Waals surface area (Å²) in [4.78, 5) is 0. The van der Waals surface area contributed by atoms with E-state index in [0.717, 1.165) is 32.7 Å². The van der Waals surface area contributed by atoms with Crippen LogP contribution in [0.25, 0.3) is 0 Å². The molecule has 0 aliphatic carbocycles. The van der Waals surface area contributed by atoms with Gasteiger partial charge in [0.05, 0.1) is 13.2 Å². The Morgan fingerprint density at radius 1 is 1.09 bits per heavy atom. The first kappa shape index (κ1) is 19.4. The SMILES string of the molecule is CCC(CC)(CC)C(C)(C)C=CC=CCCCOCC1CO1. The average Bonchev–Trinajstić information content (AvgIpc) is 3.32. The van der Waals surface area contributed by atoms with Crippen molar-refractivity contribution >= 4 is 0 Å². The molecule has 1 saturated heterocycles. The van der Waals surface area contributed by atoms with E-state index in [1.54, 1.807) is 0 Å². The number of hydrogen-bond acceptors (Lipinski definition) is 2. The van der Waals surface area contributed by atoms with Crippen molar-refractivity contribution in [2.45, 2.75) is 72.8 Å². The molecule has 0 amide bonds. The molecule has 2 heteroatoms. The molecule has 1 fully saturated rings. The first-order valence-electron chi connectivity index (χ1n) is 9.05. The second-order valence-corrected chi connectivity index (χ2v) is 7.02. The van der Waals surface area contributed by atoms with Gasteiger partial charge in [0.25, 0.3) is 0 Å². The Hall–Kier alpha value is -0.600. The van der Waals surface area contributed by atoms with Gasteiger partial charge in [0.1, 0.15) is 6.10 Å². The van der Waals surface area contributed by atoms with E-state index in [1.165, 1.54) is 19.3 Å². The van der Waals surface area contributed by atoms with Crippen molar-refractivity contribution in [2.75, 3.05) is 19.8 Å². The molecule has 0 N–H and O–H groups in total. The molecule has 0 radical (unpaired) electrons. The molecule has 1 atom stereocenters. The Kier molecular flexibility index (Phi) is 8.41. The van der Waals surface area contributed by atoms with Gasteiger partial charge in [0.15, 0.2) is 0 Å². The Labute approximate surface area is 138 Å². The molecule has 1 rings (SSSR count). The van der Waals surface area contributed by atoms with Crippen LogP contribution < -0.4 is 0 Å². The third-order valence-corrected chi connectivity index (χ3v) is 5.52. The predicted molar refractivity (Wildman–Crippen MR) is 95.2 cm³/mol. The summed E-state index contributed by atoms with van der Waals surface area (Å²) in [6, 6.07) is 0. The average molecular weight is 309 g/mol. The lowest BCUT2D eigenvalue weighted by atomic mass is 9.61. The molecule has 22 heavy (non-hydrogen) atoms. The highest BCUT2D eigenvalue weighted by Crippen LogP contribution is 2.48. The zero-order chi connectivity index (χ0) is 16.5. The summed E-state index contributed by atoms with van der Waals surface area (Å²) in [5, 5.41) is 0. The molecular weight excluding hydrogens is 272 g/mol. The molecular formula is C20H36O2. The standard InChI is InChI=1S/C20H36O2/c1-6-20(7-2,8-3)19(4,5)14-12-10-9-11-13-15-21-16-18-17-22-18/h9-10,12,14,18H,6-8,11,13,15-17H2,1-5H3. The molecule has 0 aromatic rings. The summed E-state index contributed by atoms with van der Waals surface area (Å²) in [5.74, 6) is 0. The van der Waals surface area contributed by atoms with Gasteiger partial charge in [0.2, 0.25) is 0 Å². The first-order valence-corrected chi connectivity index (χ1v) is 9.05. The monoisotopic (exact) mass is 308 g/mol. The molecule has 0 bridgehead atoms. The quantitative estimate of drug-likeness (QED) is 0.268. The van der Waals surface area contributed by atoms with Crippen molar-refractivity contribution in [3.05, 3.63) is 24.3 Å². The predicted octanol–water partition coefficient (Wildman–Crippen LogP) is 5.54. The lowest BCUT2D eigenvalue weighted by Crippen LogP contribution is -2.34. The highest BCUT2D eigenvalue weighted by molar-refractivity contribution is 5.11. The van der Waals surface area contributed by atoms with Crippen LogP contribution in [0.4, 0.5) is 0 Å². The van der Waals surface area contributed by atoms with E-state index in [2.05, 4.69) is 58.9 Å². The second kappa shape index (κ2) is 9.52. The molecule has 0 spiro atoms. The second-order valence-electron chi connectivity index (χ2n) is 7.02. The summed E-state index contributed by atoms with van der Waals surface area (Å²) < 4.78 is 10.6. The fraction of sp³-hybridized carbons (Fsp3) is 0.800. The van der Waals surface area contributed by atoms with E-state index in [-0.39, 0.29) is 5.41 Å². The van der Waals surface area contributed by atoms with Crippen LogP contribution in [0.2, 0.25) is 0 Å². The van der Waals surface area contributed by atoms with Crippen molar-refractivity contribution in [1.82, 2.24) is 0 Å². The zero-order valence-corrected chi connectivity index (χ0v) is 15.4. The molecule has 0 saturated carbocycles. The highest BCUT2D eigenvalue weighted by Gasteiger charge is 2.38.